The summed E-state index contributed by atoms with van der Waals surface area (Å²) in [6, 6.07) is -0.788. The molecule has 0 aromatic rings. The van der Waals surface area contributed by atoms with E-state index >= 15 is 0 Å². The second-order valence-corrected chi connectivity index (χ2v) is 19.1. The molecular formula is C48H73N7O12. The van der Waals surface area contributed by atoms with Crippen molar-refractivity contribution in [3.63, 3.8) is 0 Å². The van der Waals surface area contributed by atoms with Gasteiger partial charge in [0.2, 0.25) is 65.0 Å². The average molecular weight is 940 g/mol. The van der Waals surface area contributed by atoms with Crippen LogP contribution in [0.1, 0.15) is 169 Å². The van der Waals surface area contributed by atoms with Crippen LogP contribution >= 0.6 is 0 Å². The van der Waals surface area contributed by atoms with E-state index in [4.69, 9.17) is 0 Å². The molecule has 4 heterocycles. The zero-order valence-corrected chi connectivity index (χ0v) is 40.0. The Labute approximate surface area is 393 Å². The highest BCUT2D eigenvalue weighted by Gasteiger charge is 2.37. The number of nitrogens with one attached hydrogen (secondary N) is 3. The fraction of sp³-hybridized carbons (Fsp3) is 0.750. The number of likely N-dealkylation sites (tertiary alicyclic amines) is 4. The van der Waals surface area contributed by atoms with Gasteiger partial charge in [0, 0.05) is 120 Å². The third-order valence-electron chi connectivity index (χ3n) is 13.1. The van der Waals surface area contributed by atoms with Crippen LogP contribution in [0.15, 0.2) is 0 Å². The Bertz CT molecular complexity index is 1610. The lowest BCUT2D eigenvalue weighted by Crippen LogP contribution is -2.52. The predicted octanol–water partition coefficient (Wildman–Crippen LogP) is 3.20. The Morgan fingerprint density at radius 1 is 0.418 bits per heavy atom. The summed E-state index contributed by atoms with van der Waals surface area (Å²) in [4.78, 5) is 157. The van der Waals surface area contributed by atoms with Crippen LogP contribution in [0.3, 0.4) is 0 Å². The molecule has 11 amide bonds. The minimum absolute atomic E-state index is 0.0154. The summed E-state index contributed by atoms with van der Waals surface area (Å²) >= 11 is 0. The van der Waals surface area contributed by atoms with Crippen LogP contribution < -0.4 is 16.0 Å². The van der Waals surface area contributed by atoms with E-state index in [1.165, 1.54) is 19.6 Å². The summed E-state index contributed by atoms with van der Waals surface area (Å²) < 4.78 is 0. The van der Waals surface area contributed by atoms with Crippen molar-refractivity contribution in [2.45, 2.75) is 181 Å². The smallest absolute Gasteiger partial charge is 0.232 e. The zero-order valence-electron chi connectivity index (χ0n) is 40.0. The van der Waals surface area contributed by atoms with E-state index in [1.54, 1.807) is 27.7 Å². The van der Waals surface area contributed by atoms with Gasteiger partial charge in [-0.3, -0.25) is 77.1 Å². The maximum atomic E-state index is 13.4. The van der Waals surface area contributed by atoms with Gasteiger partial charge in [-0.1, -0.05) is 53.4 Å². The summed E-state index contributed by atoms with van der Waals surface area (Å²) in [5.41, 5.74) is 0. The van der Waals surface area contributed by atoms with Crippen molar-refractivity contribution >= 4 is 70.8 Å². The standard InChI is InChI=1S/C48H73N7O12/c1-31-25-41(60)52(45(31)64)21-13-5-9-17-36(56)29-35(49-38(57)18-10-6-14-22-53-42(61)26-32(2)46(53)65)30-37(50-39(58)19-11-7-15-23-54-43(62)27-33(3)47(54)66)51-40(59)20-12-8-16-24-55-44(63)28-34(4)48(55)67/h31-35,37H,5-30H2,1-4H3,(H,49,57)(H,50,58)(H,51,59). The lowest BCUT2D eigenvalue weighted by Gasteiger charge is -2.26. The lowest BCUT2D eigenvalue weighted by atomic mass is 10.0. The van der Waals surface area contributed by atoms with Crippen molar-refractivity contribution in [3.8, 4) is 0 Å². The molecule has 0 spiro atoms. The Kier molecular flexibility index (Phi) is 21.7. The molecule has 4 rings (SSSR count). The van der Waals surface area contributed by atoms with Crippen molar-refractivity contribution < 1.29 is 57.5 Å². The molecule has 0 bridgehead atoms. The van der Waals surface area contributed by atoms with E-state index < -0.39 is 12.2 Å². The molecule has 5 atom stereocenters. The Balaban J connectivity index is 1.34. The van der Waals surface area contributed by atoms with Gasteiger partial charge in [-0.2, -0.15) is 0 Å². The molecule has 4 aliphatic heterocycles. The van der Waals surface area contributed by atoms with Crippen LogP contribution in [-0.2, 0) is 57.5 Å². The predicted molar refractivity (Wildman–Crippen MR) is 242 cm³/mol. The second kappa shape index (κ2) is 26.8. The third-order valence-corrected chi connectivity index (χ3v) is 13.1. The number of imide groups is 4. The minimum Gasteiger partial charge on any atom is -0.353 e. The fourth-order valence-corrected chi connectivity index (χ4v) is 9.14. The second-order valence-electron chi connectivity index (χ2n) is 19.1. The van der Waals surface area contributed by atoms with E-state index in [1.807, 2.05) is 0 Å². The molecule has 19 heteroatoms. The highest BCUT2D eigenvalue weighted by molar-refractivity contribution is 6.05. The Morgan fingerprint density at radius 3 is 0.985 bits per heavy atom. The normalized spacial score (nSPS) is 21.9. The fourth-order valence-electron chi connectivity index (χ4n) is 9.14. The van der Waals surface area contributed by atoms with E-state index in [-0.39, 0.29) is 185 Å². The molecule has 372 valence electrons. The molecule has 0 radical (unpaired) electrons. The highest BCUT2D eigenvalue weighted by atomic mass is 16.2. The van der Waals surface area contributed by atoms with Gasteiger partial charge in [-0.15, -0.1) is 0 Å². The molecule has 4 fully saturated rings. The molecule has 19 nitrogen and oxygen atoms in total. The van der Waals surface area contributed by atoms with Gasteiger partial charge in [-0.25, -0.2) is 0 Å². The number of rotatable bonds is 31. The Morgan fingerprint density at radius 2 is 0.701 bits per heavy atom. The van der Waals surface area contributed by atoms with Crippen LogP contribution in [0.25, 0.3) is 0 Å². The number of amides is 11. The molecule has 0 saturated carbocycles. The van der Waals surface area contributed by atoms with Crippen LogP contribution in [0.2, 0.25) is 0 Å². The van der Waals surface area contributed by atoms with Gasteiger partial charge < -0.3 is 16.0 Å². The van der Waals surface area contributed by atoms with Gasteiger partial charge in [0.25, 0.3) is 0 Å². The number of carbonyl (C=O) groups excluding carboxylic acids is 12. The summed E-state index contributed by atoms with van der Waals surface area (Å²) in [5.74, 6) is -4.20. The first-order chi connectivity index (χ1) is 31.9. The number of hydrogen-bond donors (Lipinski definition) is 3. The largest absolute Gasteiger partial charge is 0.353 e. The average Bonchev–Trinajstić information content (AvgIpc) is 3.85. The van der Waals surface area contributed by atoms with Crippen molar-refractivity contribution in [3.05, 3.63) is 0 Å². The first kappa shape index (κ1) is 54.2. The number of ketones is 1. The van der Waals surface area contributed by atoms with E-state index in [2.05, 4.69) is 16.0 Å². The number of nitrogens with zero attached hydrogens (tertiary/aromatic N) is 4. The van der Waals surface area contributed by atoms with Crippen LogP contribution in [0, 0.1) is 23.7 Å². The number of unbranched alkanes of at least 4 members (excludes halogenated alkanes) is 8. The number of Topliss-reactive ketones (excluding diaryl/α,β-unsaturated/α-hetero) is 1. The molecule has 0 aromatic heterocycles. The van der Waals surface area contributed by atoms with E-state index in [0.29, 0.717) is 77.0 Å². The van der Waals surface area contributed by atoms with Crippen LogP contribution in [-0.4, -0.2) is 129 Å². The van der Waals surface area contributed by atoms with Crippen LogP contribution in [0.4, 0.5) is 0 Å². The number of hydrogen-bond acceptors (Lipinski definition) is 12. The number of carbonyl (C=O) groups is 12. The van der Waals surface area contributed by atoms with Gasteiger partial charge in [0.05, 0.1) is 0 Å². The van der Waals surface area contributed by atoms with Crippen molar-refractivity contribution in [2.75, 3.05) is 26.2 Å². The lowest BCUT2D eigenvalue weighted by molar-refractivity contribution is -0.140. The van der Waals surface area contributed by atoms with Crippen molar-refractivity contribution in [1.29, 1.82) is 0 Å². The molecule has 0 aliphatic carbocycles. The molecule has 67 heavy (non-hydrogen) atoms. The van der Waals surface area contributed by atoms with E-state index in [9.17, 15) is 57.5 Å². The van der Waals surface area contributed by atoms with Crippen molar-refractivity contribution in [2.24, 2.45) is 23.7 Å². The quantitative estimate of drug-likeness (QED) is 0.0515. The summed E-state index contributed by atoms with van der Waals surface area (Å²) in [6.45, 7) is 7.98. The minimum atomic E-state index is -0.975. The molecule has 4 aliphatic rings. The molecule has 4 saturated heterocycles. The SMILES string of the molecule is CC1CC(=O)N(CCCCCC(=O)CC(CC(NC(=O)CCCCCN2C(=O)CC(C)C2=O)NC(=O)CCCCCN2C(=O)CC(C)C2=O)NC(=O)CCCCCN2C(=O)CC(C)C2=O)C1=O. The maximum absolute atomic E-state index is 13.4. The molecule has 0 aromatic carbocycles. The van der Waals surface area contributed by atoms with Gasteiger partial charge in [-0.05, 0) is 51.4 Å². The molecular weight excluding hydrogens is 867 g/mol. The van der Waals surface area contributed by atoms with E-state index in [0.717, 1.165) is 0 Å². The first-order valence-electron chi connectivity index (χ1n) is 24.6. The maximum Gasteiger partial charge on any atom is 0.232 e. The third kappa shape index (κ3) is 17.0. The van der Waals surface area contributed by atoms with Crippen LogP contribution in [0.5, 0.6) is 0 Å². The molecule has 5 unspecified atom stereocenters. The zero-order chi connectivity index (χ0) is 49.2. The monoisotopic (exact) mass is 940 g/mol. The van der Waals surface area contributed by atoms with Gasteiger partial charge in [0.1, 0.15) is 11.9 Å². The van der Waals surface area contributed by atoms with Crippen molar-refractivity contribution in [1.82, 2.24) is 35.6 Å². The first-order valence-corrected chi connectivity index (χ1v) is 24.6. The summed E-state index contributed by atoms with van der Waals surface area (Å²) in [6.07, 6.45) is 6.32. The van der Waals surface area contributed by atoms with Gasteiger partial charge in [0.15, 0.2) is 0 Å². The molecule has 3 N–H and O–H groups in total. The van der Waals surface area contributed by atoms with Gasteiger partial charge >= 0.3 is 0 Å². The topological polar surface area (TPSA) is 254 Å². The summed E-state index contributed by atoms with van der Waals surface area (Å²) in [5, 5.41) is 8.68. The Hall–Kier alpha value is -5.36. The highest BCUT2D eigenvalue weighted by Crippen LogP contribution is 2.23. The summed E-state index contributed by atoms with van der Waals surface area (Å²) in [7, 11) is 0.